The lowest BCUT2D eigenvalue weighted by Gasteiger charge is -2.31. The van der Waals surface area contributed by atoms with Gasteiger partial charge < -0.3 is 19.1 Å². The minimum absolute atomic E-state index is 0.0759. The van der Waals surface area contributed by atoms with Crippen LogP contribution >= 0.6 is 0 Å². The summed E-state index contributed by atoms with van der Waals surface area (Å²) in [4.78, 5) is 41.5. The zero-order valence-corrected chi connectivity index (χ0v) is 17.1. The molecule has 0 aliphatic carbocycles. The number of hydrogen-bond donors (Lipinski definition) is 0. The van der Waals surface area contributed by atoms with Crippen LogP contribution in [0.5, 0.6) is 17.2 Å². The summed E-state index contributed by atoms with van der Waals surface area (Å²) in [6, 6.07) is 9.24. The smallest absolute Gasteiger partial charge is 0.300 e. The van der Waals surface area contributed by atoms with Crippen LogP contribution in [0.3, 0.4) is 0 Å². The fourth-order valence-electron chi connectivity index (χ4n) is 4.08. The van der Waals surface area contributed by atoms with Gasteiger partial charge in [0.2, 0.25) is 11.7 Å². The molecule has 2 aromatic rings. The van der Waals surface area contributed by atoms with Gasteiger partial charge in [0.1, 0.15) is 6.54 Å². The van der Waals surface area contributed by atoms with E-state index in [0.29, 0.717) is 12.3 Å². The first-order valence-electron chi connectivity index (χ1n) is 9.59. The van der Waals surface area contributed by atoms with E-state index in [9.17, 15) is 14.4 Å². The molecule has 2 aliphatic rings. The predicted molar refractivity (Wildman–Crippen MR) is 110 cm³/mol. The van der Waals surface area contributed by atoms with Crippen molar-refractivity contribution in [3.63, 3.8) is 0 Å². The van der Waals surface area contributed by atoms with Crippen LogP contribution in [-0.2, 0) is 16.0 Å². The number of anilines is 2. The van der Waals surface area contributed by atoms with E-state index in [2.05, 4.69) is 0 Å². The SMILES string of the molecule is COc1cc2c(c(OC)c1OC)C(=O)C(=O)N2CC(=O)N1CCCc2ccccc21. The summed E-state index contributed by atoms with van der Waals surface area (Å²) in [6.07, 6.45) is 1.74. The Balaban J connectivity index is 1.72. The van der Waals surface area contributed by atoms with Gasteiger partial charge in [0, 0.05) is 18.3 Å². The van der Waals surface area contributed by atoms with E-state index >= 15 is 0 Å². The third kappa shape index (κ3) is 2.96. The van der Waals surface area contributed by atoms with Crippen molar-refractivity contribution in [2.24, 2.45) is 0 Å². The Morgan fingerprint density at radius 1 is 1.00 bits per heavy atom. The first-order chi connectivity index (χ1) is 14.5. The molecule has 0 aromatic heterocycles. The second-order valence-corrected chi connectivity index (χ2v) is 7.04. The molecule has 156 valence electrons. The molecule has 8 nitrogen and oxygen atoms in total. The fraction of sp³-hybridized carbons (Fsp3) is 0.318. The number of benzene rings is 2. The van der Waals surface area contributed by atoms with E-state index in [0.717, 1.165) is 24.1 Å². The summed E-state index contributed by atoms with van der Waals surface area (Å²) in [7, 11) is 4.25. The van der Waals surface area contributed by atoms with Crippen LogP contribution in [-0.4, -0.2) is 52.0 Å². The largest absolute Gasteiger partial charge is 0.493 e. The molecular weight excluding hydrogens is 388 g/mol. The standard InChI is InChI=1S/C22H22N2O6/c1-28-16-11-15-18(21(30-3)20(16)29-2)19(26)22(27)24(15)12-17(25)23-10-6-8-13-7-4-5-9-14(13)23/h4-5,7,9,11H,6,8,10,12H2,1-3H3. The Bertz CT molecular complexity index is 1050. The van der Waals surface area contributed by atoms with Crippen LogP contribution in [0.2, 0.25) is 0 Å². The molecule has 0 N–H and O–H groups in total. The normalized spacial score (nSPS) is 15.0. The number of Topliss-reactive ketones (excluding diaryl/α,β-unsaturated/α-hetero) is 1. The molecular formula is C22H22N2O6. The third-order valence-corrected chi connectivity index (χ3v) is 5.47. The molecule has 2 heterocycles. The molecule has 0 fully saturated rings. The summed E-state index contributed by atoms with van der Waals surface area (Å²) < 4.78 is 16.0. The first-order valence-corrected chi connectivity index (χ1v) is 9.59. The van der Waals surface area contributed by atoms with E-state index in [1.165, 1.54) is 32.3 Å². The van der Waals surface area contributed by atoms with Gasteiger partial charge >= 0.3 is 0 Å². The van der Waals surface area contributed by atoms with Crippen molar-refractivity contribution in [2.75, 3.05) is 44.2 Å². The molecule has 0 atom stereocenters. The fourth-order valence-corrected chi connectivity index (χ4v) is 4.08. The first kappa shape index (κ1) is 19.8. The van der Waals surface area contributed by atoms with Crippen LogP contribution < -0.4 is 24.0 Å². The van der Waals surface area contributed by atoms with Crippen LogP contribution in [0.25, 0.3) is 0 Å². The lowest BCUT2D eigenvalue weighted by Crippen LogP contribution is -2.44. The van der Waals surface area contributed by atoms with Crippen molar-refractivity contribution in [1.29, 1.82) is 0 Å². The van der Waals surface area contributed by atoms with Gasteiger partial charge in [-0.1, -0.05) is 18.2 Å². The van der Waals surface area contributed by atoms with Gasteiger partial charge in [-0.3, -0.25) is 19.3 Å². The number of carbonyl (C=O) groups excluding carboxylic acids is 3. The highest BCUT2D eigenvalue weighted by atomic mass is 16.5. The zero-order chi connectivity index (χ0) is 21.4. The molecule has 30 heavy (non-hydrogen) atoms. The number of ketones is 1. The number of amides is 2. The topological polar surface area (TPSA) is 85.4 Å². The lowest BCUT2D eigenvalue weighted by atomic mass is 10.0. The highest BCUT2D eigenvalue weighted by Crippen LogP contribution is 2.48. The van der Waals surface area contributed by atoms with E-state index in [4.69, 9.17) is 14.2 Å². The van der Waals surface area contributed by atoms with Gasteiger partial charge in [-0.15, -0.1) is 0 Å². The molecule has 0 saturated carbocycles. The number of fused-ring (bicyclic) bond motifs is 2. The number of ether oxygens (including phenoxy) is 3. The lowest BCUT2D eigenvalue weighted by molar-refractivity contribution is -0.120. The summed E-state index contributed by atoms with van der Waals surface area (Å²) >= 11 is 0. The maximum Gasteiger partial charge on any atom is 0.300 e. The zero-order valence-electron chi connectivity index (χ0n) is 17.1. The summed E-state index contributed by atoms with van der Waals surface area (Å²) in [5, 5.41) is 0. The van der Waals surface area contributed by atoms with Crippen molar-refractivity contribution in [2.45, 2.75) is 12.8 Å². The van der Waals surface area contributed by atoms with E-state index in [1.807, 2.05) is 24.3 Å². The van der Waals surface area contributed by atoms with Crippen molar-refractivity contribution < 1.29 is 28.6 Å². The monoisotopic (exact) mass is 410 g/mol. The Morgan fingerprint density at radius 3 is 2.43 bits per heavy atom. The third-order valence-electron chi connectivity index (χ3n) is 5.47. The predicted octanol–water partition coefficient (Wildman–Crippen LogP) is 2.22. The number of nitrogens with zero attached hydrogens (tertiary/aromatic N) is 2. The summed E-state index contributed by atoms with van der Waals surface area (Å²) in [5.74, 6) is -1.14. The molecule has 2 aromatic carbocycles. The van der Waals surface area contributed by atoms with E-state index in [-0.39, 0.29) is 35.2 Å². The molecule has 0 saturated heterocycles. The molecule has 2 amide bonds. The number of aryl methyl sites for hydroxylation is 1. The number of rotatable bonds is 5. The maximum atomic E-state index is 13.1. The number of carbonyl (C=O) groups is 3. The van der Waals surface area contributed by atoms with Gasteiger partial charge in [0.25, 0.3) is 11.7 Å². The van der Waals surface area contributed by atoms with Gasteiger partial charge in [0.05, 0.1) is 32.6 Å². The highest BCUT2D eigenvalue weighted by Gasteiger charge is 2.42. The number of hydrogen-bond acceptors (Lipinski definition) is 6. The minimum Gasteiger partial charge on any atom is -0.493 e. The van der Waals surface area contributed by atoms with Gasteiger partial charge in [0.15, 0.2) is 11.5 Å². The van der Waals surface area contributed by atoms with Gasteiger partial charge in [-0.25, -0.2) is 0 Å². The maximum absolute atomic E-state index is 13.1. The quantitative estimate of drug-likeness (QED) is 0.703. The molecule has 4 rings (SSSR count). The van der Waals surface area contributed by atoms with Crippen LogP contribution in [0.15, 0.2) is 30.3 Å². The van der Waals surface area contributed by atoms with Gasteiger partial charge in [-0.2, -0.15) is 0 Å². The van der Waals surface area contributed by atoms with E-state index < -0.39 is 11.7 Å². The van der Waals surface area contributed by atoms with Crippen molar-refractivity contribution in [1.82, 2.24) is 0 Å². The van der Waals surface area contributed by atoms with Crippen LogP contribution in [0, 0.1) is 0 Å². The van der Waals surface area contributed by atoms with Crippen LogP contribution in [0.1, 0.15) is 22.3 Å². The molecule has 8 heteroatoms. The van der Waals surface area contributed by atoms with Crippen molar-refractivity contribution in [3.8, 4) is 17.2 Å². The van der Waals surface area contributed by atoms with Crippen molar-refractivity contribution in [3.05, 3.63) is 41.5 Å². The Kier molecular flexibility index (Phi) is 5.07. The Morgan fingerprint density at radius 2 is 1.73 bits per heavy atom. The molecule has 0 bridgehead atoms. The second kappa shape index (κ2) is 7.70. The molecule has 2 aliphatic heterocycles. The number of para-hydroxylation sites is 1. The summed E-state index contributed by atoms with van der Waals surface area (Å²) in [6.45, 7) is 0.304. The molecule has 0 spiro atoms. The van der Waals surface area contributed by atoms with Gasteiger partial charge in [-0.05, 0) is 24.5 Å². The Labute approximate surface area is 173 Å². The average Bonchev–Trinajstić information content (AvgIpc) is 3.01. The average molecular weight is 410 g/mol. The molecule has 0 unspecified atom stereocenters. The number of methoxy groups -OCH3 is 3. The Hall–Kier alpha value is -3.55. The van der Waals surface area contributed by atoms with E-state index in [1.54, 1.807) is 4.90 Å². The van der Waals surface area contributed by atoms with Crippen LogP contribution in [0.4, 0.5) is 11.4 Å². The summed E-state index contributed by atoms with van der Waals surface area (Å²) in [5.41, 5.74) is 2.29. The second-order valence-electron chi connectivity index (χ2n) is 7.04. The minimum atomic E-state index is -0.780. The molecule has 0 radical (unpaired) electrons. The van der Waals surface area contributed by atoms with Crippen molar-refractivity contribution >= 4 is 29.0 Å². The highest BCUT2D eigenvalue weighted by molar-refractivity contribution is 6.53.